The number of rotatable bonds is 4. The number of piperazine rings is 1. The predicted octanol–water partition coefficient (Wildman–Crippen LogP) is 2.18. The lowest BCUT2D eigenvalue weighted by Gasteiger charge is -2.35. The monoisotopic (exact) mass is 383 g/mol. The van der Waals surface area contributed by atoms with E-state index < -0.39 is 0 Å². The van der Waals surface area contributed by atoms with Crippen LogP contribution in [0.15, 0.2) is 42.9 Å². The highest BCUT2D eigenvalue weighted by Gasteiger charge is 2.21. The van der Waals surface area contributed by atoms with Crippen molar-refractivity contribution in [2.75, 3.05) is 36.8 Å². The van der Waals surface area contributed by atoms with Crippen LogP contribution >= 0.6 is 24.8 Å². The molecule has 3 rings (SSSR count). The van der Waals surface area contributed by atoms with E-state index in [-0.39, 0.29) is 30.7 Å². The second kappa shape index (κ2) is 10.1. The third-order valence-electron chi connectivity index (χ3n) is 4.17. The average Bonchev–Trinajstić information content (AvgIpc) is 2.62. The van der Waals surface area contributed by atoms with Gasteiger partial charge >= 0.3 is 0 Å². The lowest BCUT2D eigenvalue weighted by Crippen LogP contribution is -2.49. The topological polar surface area (TPSA) is 75.4 Å². The van der Waals surface area contributed by atoms with Gasteiger partial charge in [0.15, 0.2) is 0 Å². The molecule has 6 nitrogen and oxygen atoms in total. The molecule has 0 unspecified atom stereocenters. The summed E-state index contributed by atoms with van der Waals surface area (Å²) in [5, 5.41) is 0. The van der Waals surface area contributed by atoms with E-state index in [4.69, 9.17) is 5.73 Å². The standard InChI is InChI=1S/C17H21N5O.2ClH/c18-15-4-2-1-3-14(15)5-6-17(23)22-11-9-21(10-12-22)16-13-19-7-8-20-16;;/h1-4,7-8,13H,5-6,9-12,18H2;2*1H. The second-order valence-electron chi connectivity index (χ2n) is 5.63. The molecule has 2 N–H and O–H groups in total. The number of aromatic nitrogens is 2. The van der Waals surface area contributed by atoms with Crippen LogP contribution in [0.5, 0.6) is 0 Å². The number of nitrogens with zero attached hydrogens (tertiary/aromatic N) is 4. The molecule has 25 heavy (non-hydrogen) atoms. The quantitative estimate of drug-likeness (QED) is 0.818. The summed E-state index contributed by atoms with van der Waals surface area (Å²) in [6, 6.07) is 7.72. The number of aryl methyl sites for hydroxylation is 1. The Hall–Kier alpha value is -2.05. The second-order valence-corrected chi connectivity index (χ2v) is 5.63. The Morgan fingerprint density at radius 3 is 2.44 bits per heavy atom. The molecule has 136 valence electrons. The summed E-state index contributed by atoms with van der Waals surface area (Å²) in [5.41, 5.74) is 7.72. The average molecular weight is 384 g/mol. The number of nitrogens with two attached hydrogens (primary N) is 1. The Kier molecular flexibility index (Phi) is 8.45. The number of halogens is 2. The summed E-state index contributed by atoms with van der Waals surface area (Å²) in [4.78, 5) is 24.8. The van der Waals surface area contributed by atoms with Crippen molar-refractivity contribution in [1.82, 2.24) is 14.9 Å². The molecular formula is C17H23Cl2N5O. The highest BCUT2D eigenvalue weighted by Crippen LogP contribution is 2.15. The number of hydrogen-bond donors (Lipinski definition) is 1. The zero-order valence-electron chi connectivity index (χ0n) is 13.9. The number of benzene rings is 1. The lowest BCUT2D eigenvalue weighted by atomic mass is 10.1. The molecule has 0 radical (unpaired) electrons. The largest absolute Gasteiger partial charge is 0.399 e. The fraction of sp³-hybridized carbons (Fsp3) is 0.353. The van der Waals surface area contributed by atoms with Gasteiger partial charge in [0.25, 0.3) is 0 Å². The molecule has 2 heterocycles. The normalized spacial score (nSPS) is 13.6. The minimum atomic E-state index is 0. The van der Waals surface area contributed by atoms with Crippen molar-refractivity contribution in [1.29, 1.82) is 0 Å². The van der Waals surface area contributed by atoms with E-state index in [2.05, 4.69) is 14.9 Å². The van der Waals surface area contributed by atoms with Crippen molar-refractivity contribution >= 4 is 42.2 Å². The Morgan fingerprint density at radius 1 is 1.08 bits per heavy atom. The first-order valence-corrected chi connectivity index (χ1v) is 7.86. The SMILES string of the molecule is Cl.Cl.Nc1ccccc1CCC(=O)N1CCN(c2cnccn2)CC1. The fourth-order valence-electron chi connectivity index (χ4n) is 2.80. The maximum absolute atomic E-state index is 12.4. The third kappa shape index (κ3) is 5.47. The van der Waals surface area contributed by atoms with E-state index in [0.29, 0.717) is 12.8 Å². The van der Waals surface area contributed by atoms with Crippen molar-refractivity contribution in [2.45, 2.75) is 12.8 Å². The van der Waals surface area contributed by atoms with Gasteiger partial charge in [-0.15, -0.1) is 24.8 Å². The summed E-state index contributed by atoms with van der Waals surface area (Å²) in [6.45, 7) is 3.02. The van der Waals surface area contributed by atoms with Crippen LogP contribution in [0.25, 0.3) is 0 Å². The molecule has 0 bridgehead atoms. The molecule has 1 aromatic heterocycles. The van der Waals surface area contributed by atoms with E-state index >= 15 is 0 Å². The van der Waals surface area contributed by atoms with Crippen LogP contribution in [0.3, 0.4) is 0 Å². The van der Waals surface area contributed by atoms with Crippen LogP contribution in [0.4, 0.5) is 11.5 Å². The minimum absolute atomic E-state index is 0. The number of hydrogen-bond acceptors (Lipinski definition) is 5. The van der Waals surface area contributed by atoms with Crippen molar-refractivity contribution in [3.63, 3.8) is 0 Å². The Labute approximate surface area is 160 Å². The van der Waals surface area contributed by atoms with Gasteiger partial charge < -0.3 is 15.5 Å². The molecule has 1 aliphatic rings. The molecule has 0 saturated carbocycles. The molecule has 2 aromatic rings. The van der Waals surface area contributed by atoms with Gasteiger partial charge in [0.2, 0.25) is 5.91 Å². The van der Waals surface area contributed by atoms with Gasteiger partial charge in [0, 0.05) is 50.7 Å². The van der Waals surface area contributed by atoms with Gasteiger partial charge in [-0.3, -0.25) is 9.78 Å². The number of anilines is 2. The molecule has 1 fully saturated rings. The first-order valence-electron chi connectivity index (χ1n) is 7.86. The summed E-state index contributed by atoms with van der Waals surface area (Å²) in [7, 11) is 0. The van der Waals surface area contributed by atoms with Crippen LogP contribution < -0.4 is 10.6 Å². The van der Waals surface area contributed by atoms with Crippen LogP contribution in [0.1, 0.15) is 12.0 Å². The van der Waals surface area contributed by atoms with Crippen molar-refractivity contribution in [3.8, 4) is 0 Å². The van der Waals surface area contributed by atoms with Crippen LogP contribution in [0.2, 0.25) is 0 Å². The third-order valence-corrected chi connectivity index (χ3v) is 4.17. The van der Waals surface area contributed by atoms with Gasteiger partial charge in [-0.05, 0) is 18.1 Å². The van der Waals surface area contributed by atoms with Crippen LogP contribution in [-0.4, -0.2) is 47.0 Å². The van der Waals surface area contributed by atoms with E-state index in [0.717, 1.165) is 43.2 Å². The minimum Gasteiger partial charge on any atom is -0.399 e. The maximum Gasteiger partial charge on any atom is 0.223 e. The summed E-state index contributed by atoms with van der Waals surface area (Å²) < 4.78 is 0. The Bertz CT molecular complexity index is 663. The fourth-order valence-corrected chi connectivity index (χ4v) is 2.80. The van der Waals surface area contributed by atoms with Crippen molar-refractivity contribution in [3.05, 3.63) is 48.4 Å². The van der Waals surface area contributed by atoms with Crippen LogP contribution in [0, 0.1) is 0 Å². The number of para-hydroxylation sites is 1. The molecule has 0 spiro atoms. The highest BCUT2D eigenvalue weighted by molar-refractivity contribution is 5.85. The molecule has 0 aliphatic carbocycles. The molecular weight excluding hydrogens is 361 g/mol. The van der Waals surface area contributed by atoms with Crippen LogP contribution in [-0.2, 0) is 11.2 Å². The Morgan fingerprint density at radius 2 is 1.80 bits per heavy atom. The first-order chi connectivity index (χ1) is 11.2. The number of carbonyl (C=O) groups is 1. The molecule has 1 amide bonds. The van der Waals surface area contributed by atoms with Crippen molar-refractivity contribution in [2.24, 2.45) is 0 Å². The summed E-state index contributed by atoms with van der Waals surface area (Å²) in [6.07, 6.45) is 6.31. The van der Waals surface area contributed by atoms with E-state index in [1.54, 1.807) is 18.6 Å². The number of nitrogen functional groups attached to an aromatic ring is 1. The lowest BCUT2D eigenvalue weighted by molar-refractivity contribution is -0.131. The van der Waals surface area contributed by atoms with Gasteiger partial charge in [0.05, 0.1) is 6.20 Å². The zero-order valence-corrected chi connectivity index (χ0v) is 15.5. The highest BCUT2D eigenvalue weighted by atomic mass is 35.5. The molecule has 0 atom stereocenters. The summed E-state index contributed by atoms with van der Waals surface area (Å²) >= 11 is 0. The van der Waals surface area contributed by atoms with Crippen molar-refractivity contribution < 1.29 is 4.79 Å². The van der Waals surface area contributed by atoms with Gasteiger partial charge in [-0.1, -0.05) is 18.2 Å². The molecule has 1 saturated heterocycles. The van der Waals surface area contributed by atoms with E-state index in [9.17, 15) is 4.79 Å². The zero-order chi connectivity index (χ0) is 16.1. The van der Waals surface area contributed by atoms with Gasteiger partial charge in [-0.2, -0.15) is 0 Å². The molecule has 1 aliphatic heterocycles. The Balaban J connectivity index is 0.00000156. The number of carbonyl (C=O) groups excluding carboxylic acids is 1. The first kappa shape index (κ1) is 21.0. The van der Waals surface area contributed by atoms with E-state index in [1.165, 1.54) is 0 Å². The molecule has 1 aromatic carbocycles. The summed E-state index contributed by atoms with van der Waals surface area (Å²) in [5.74, 6) is 1.06. The van der Waals surface area contributed by atoms with E-state index in [1.807, 2.05) is 29.2 Å². The van der Waals surface area contributed by atoms with Gasteiger partial charge in [0.1, 0.15) is 5.82 Å². The van der Waals surface area contributed by atoms with Gasteiger partial charge in [-0.25, -0.2) is 4.98 Å². The number of amides is 1. The maximum atomic E-state index is 12.4. The smallest absolute Gasteiger partial charge is 0.223 e. The predicted molar refractivity (Wildman–Crippen MR) is 104 cm³/mol. The molecule has 8 heteroatoms.